The molecule has 3 nitrogen and oxygen atoms in total. The van der Waals surface area contributed by atoms with Crippen LogP contribution in [0.15, 0.2) is 48.5 Å². The Morgan fingerprint density at radius 2 is 1.33 bits per heavy atom. The van der Waals surface area contributed by atoms with Gasteiger partial charge in [-0.25, -0.2) is 9.18 Å². The van der Waals surface area contributed by atoms with Crippen molar-refractivity contribution in [3.05, 3.63) is 65.5 Å². The van der Waals surface area contributed by atoms with Gasteiger partial charge in [0.25, 0.3) is 0 Å². The molecule has 4 heteroatoms. The summed E-state index contributed by atoms with van der Waals surface area (Å²) in [6.45, 7) is 10.2. The summed E-state index contributed by atoms with van der Waals surface area (Å²) in [6, 6.07) is 13.6. The summed E-state index contributed by atoms with van der Waals surface area (Å²) in [5, 5.41) is 5.75. The normalized spacial score (nSPS) is 11.9. The van der Waals surface area contributed by atoms with E-state index in [0.717, 1.165) is 11.3 Å². The van der Waals surface area contributed by atoms with Crippen LogP contribution in [-0.4, -0.2) is 6.03 Å². The number of nitrogens with one attached hydrogen (secondary N) is 2. The number of carbonyl (C=O) groups excluding carboxylic acids is 1. The Morgan fingerprint density at radius 1 is 0.833 bits per heavy atom. The number of carbonyl (C=O) groups is 1. The molecule has 0 spiro atoms. The van der Waals surface area contributed by atoms with Crippen LogP contribution in [-0.2, 0) is 11.0 Å². The summed E-state index contributed by atoms with van der Waals surface area (Å²) in [4.78, 5) is 12.3. The van der Waals surface area contributed by atoms with Gasteiger partial charge in [0.05, 0.1) is 5.54 Å². The summed E-state index contributed by atoms with van der Waals surface area (Å²) in [5.74, 6) is -0.294. The third-order valence-electron chi connectivity index (χ3n) is 4.00. The van der Waals surface area contributed by atoms with Crippen molar-refractivity contribution in [3.63, 3.8) is 0 Å². The highest BCUT2D eigenvalue weighted by Crippen LogP contribution is 2.24. The molecule has 2 amide bonds. The number of hydrogen-bond acceptors (Lipinski definition) is 1. The molecule has 0 atom stereocenters. The van der Waals surface area contributed by atoms with Gasteiger partial charge in [-0.2, -0.15) is 0 Å². The Labute approximate surface area is 143 Å². The predicted molar refractivity (Wildman–Crippen MR) is 96.7 cm³/mol. The summed E-state index contributed by atoms with van der Waals surface area (Å²) < 4.78 is 13.0. The Hall–Kier alpha value is -2.36. The van der Waals surface area contributed by atoms with Crippen molar-refractivity contribution >= 4 is 11.7 Å². The molecule has 0 aromatic heterocycles. The maximum atomic E-state index is 13.0. The largest absolute Gasteiger partial charge is 0.329 e. The zero-order valence-corrected chi connectivity index (χ0v) is 14.9. The monoisotopic (exact) mass is 328 g/mol. The van der Waals surface area contributed by atoms with Crippen LogP contribution in [0.25, 0.3) is 0 Å². The van der Waals surface area contributed by atoms with Crippen molar-refractivity contribution in [3.8, 4) is 0 Å². The molecule has 0 aliphatic rings. The predicted octanol–water partition coefficient (Wildman–Crippen LogP) is 5.18. The van der Waals surface area contributed by atoms with Crippen LogP contribution in [0.5, 0.6) is 0 Å². The van der Waals surface area contributed by atoms with Crippen LogP contribution in [0, 0.1) is 5.82 Å². The van der Waals surface area contributed by atoms with Gasteiger partial charge in [0.15, 0.2) is 0 Å². The molecule has 2 aromatic rings. The standard InChI is InChI=1S/C20H25FN2O/c1-19(2,3)14-8-12-17(13-9-14)22-18(24)23-20(4,5)15-6-10-16(21)11-7-15/h6-13H,1-5H3,(H2,22,23,24). The molecule has 0 heterocycles. The average molecular weight is 328 g/mol. The minimum absolute atomic E-state index is 0.0748. The van der Waals surface area contributed by atoms with Crippen LogP contribution < -0.4 is 10.6 Å². The van der Waals surface area contributed by atoms with E-state index in [0.29, 0.717) is 0 Å². The summed E-state index contributed by atoms with van der Waals surface area (Å²) in [7, 11) is 0. The van der Waals surface area contributed by atoms with Crippen molar-refractivity contribution in [1.29, 1.82) is 0 Å². The first-order valence-corrected chi connectivity index (χ1v) is 8.04. The summed E-state index contributed by atoms with van der Waals surface area (Å²) >= 11 is 0. The maximum Gasteiger partial charge on any atom is 0.319 e. The van der Waals surface area contributed by atoms with E-state index < -0.39 is 5.54 Å². The molecule has 0 saturated carbocycles. The van der Waals surface area contributed by atoms with Crippen molar-refractivity contribution < 1.29 is 9.18 Å². The summed E-state index contributed by atoms with van der Waals surface area (Å²) in [6.07, 6.45) is 0. The molecule has 2 aromatic carbocycles. The molecule has 24 heavy (non-hydrogen) atoms. The van der Waals surface area contributed by atoms with Gasteiger partial charge in [0.1, 0.15) is 5.82 Å². The maximum absolute atomic E-state index is 13.0. The van der Waals surface area contributed by atoms with Gasteiger partial charge in [-0.1, -0.05) is 45.0 Å². The lowest BCUT2D eigenvalue weighted by molar-refractivity contribution is 0.242. The minimum Gasteiger partial charge on any atom is -0.329 e. The highest BCUT2D eigenvalue weighted by Gasteiger charge is 2.23. The zero-order chi connectivity index (χ0) is 18.0. The Kier molecular flexibility index (Phi) is 4.97. The third-order valence-corrected chi connectivity index (χ3v) is 4.00. The fourth-order valence-corrected chi connectivity index (χ4v) is 2.44. The molecule has 0 saturated heterocycles. The van der Waals surface area contributed by atoms with E-state index in [1.165, 1.54) is 17.7 Å². The molecule has 0 fully saturated rings. The van der Waals surface area contributed by atoms with Gasteiger partial charge in [0.2, 0.25) is 0 Å². The summed E-state index contributed by atoms with van der Waals surface area (Å²) in [5.41, 5.74) is 2.24. The van der Waals surface area contributed by atoms with Crippen molar-refractivity contribution in [1.82, 2.24) is 5.32 Å². The number of rotatable bonds is 3. The third kappa shape index (κ3) is 4.57. The molecule has 2 N–H and O–H groups in total. The number of urea groups is 1. The minimum atomic E-state index is -0.608. The van der Waals surface area contributed by atoms with Crippen molar-refractivity contribution in [2.45, 2.75) is 45.6 Å². The van der Waals surface area contributed by atoms with E-state index >= 15 is 0 Å². The Morgan fingerprint density at radius 3 is 1.83 bits per heavy atom. The molecular formula is C20H25FN2O. The topological polar surface area (TPSA) is 41.1 Å². The number of amides is 2. The van der Waals surface area contributed by atoms with Crippen LogP contribution in [0.4, 0.5) is 14.9 Å². The fourth-order valence-electron chi connectivity index (χ4n) is 2.44. The second-order valence-corrected chi connectivity index (χ2v) is 7.54. The smallest absolute Gasteiger partial charge is 0.319 e. The first-order valence-electron chi connectivity index (χ1n) is 8.04. The zero-order valence-electron chi connectivity index (χ0n) is 14.9. The van der Waals surface area contributed by atoms with E-state index in [1.807, 2.05) is 38.1 Å². The quantitative estimate of drug-likeness (QED) is 0.801. The van der Waals surface area contributed by atoms with E-state index in [1.54, 1.807) is 12.1 Å². The molecule has 0 bridgehead atoms. The van der Waals surface area contributed by atoms with Crippen LogP contribution >= 0.6 is 0 Å². The first kappa shape index (κ1) is 18.0. The molecule has 128 valence electrons. The van der Waals surface area contributed by atoms with Gasteiger partial charge in [-0.15, -0.1) is 0 Å². The van der Waals surface area contributed by atoms with Crippen LogP contribution in [0.2, 0.25) is 0 Å². The number of halogens is 1. The van der Waals surface area contributed by atoms with Gasteiger partial charge in [-0.05, 0) is 54.7 Å². The van der Waals surface area contributed by atoms with E-state index in [-0.39, 0.29) is 17.3 Å². The molecular weight excluding hydrogens is 303 g/mol. The molecule has 2 rings (SSSR count). The van der Waals surface area contributed by atoms with Crippen molar-refractivity contribution in [2.75, 3.05) is 5.32 Å². The van der Waals surface area contributed by atoms with Gasteiger partial charge in [-0.3, -0.25) is 0 Å². The SMILES string of the molecule is CC(C)(C)c1ccc(NC(=O)NC(C)(C)c2ccc(F)cc2)cc1. The number of hydrogen-bond donors (Lipinski definition) is 2. The van der Waals surface area contributed by atoms with E-state index in [2.05, 4.69) is 31.4 Å². The van der Waals surface area contributed by atoms with Crippen LogP contribution in [0.3, 0.4) is 0 Å². The van der Waals surface area contributed by atoms with Gasteiger partial charge < -0.3 is 10.6 Å². The Bertz CT molecular complexity index is 698. The highest BCUT2D eigenvalue weighted by molar-refractivity contribution is 5.89. The van der Waals surface area contributed by atoms with Gasteiger partial charge in [0, 0.05) is 5.69 Å². The molecule has 0 unspecified atom stereocenters. The van der Waals surface area contributed by atoms with Gasteiger partial charge >= 0.3 is 6.03 Å². The number of benzene rings is 2. The second kappa shape index (κ2) is 6.63. The fraction of sp³-hybridized carbons (Fsp3) is 0.350. The Balaban J connectivity index is 2.03. The molecule has 0 aliphatic heterocycles. The van der Waals surface area contributed by atoms with Crippen LogP contribution in [0.1, 0.15) is 45.7 Å². The molecule has 0 radical (unpaired) electrons. The lowest BCUT2D eigenvalue weighted by Gasteiger charge is -2.27. The first-order chi connectivity index (χ1) is 11.1. The van der Waals surface area contributed by atoms with Crippen molar-refractivity contribution in [2.24, 2.45) is 0 Å². The number of anilines is 1. The molecule has 0 aliphatic carbocycles. The van der Waals surface area contributed by atoms with E-state index in [9.17, 15) is 9.18 Å². The lowest BCUT2D eigenvalue weighted by Crippen LogP contribution is -2.43. The second-order valence-electron chi connectivity index (χ2n) is 7.54. The van der Waals surface area contributed by atoms with E-state index in [4.69, 9.17) is 0 Å². The average Bonchev–Trinajstić information content (AvgIpc) is 2.46. The highest BCUT2D eigenvalue weighted by atomic mass is 19.1. The lowest BCUT2D eigenvalue weighted by atomic mass is 9.87.